The van der Waals surface area contributed by atoms with Crippen LogP contribution in [0.25, 0.3) is 0 Å². The number of anilines is 1. The zero-order chi connectivity index (χ0) is 15.1. The Balaban J connectivity index is 1.83. The number of para-hydroxylation sites is 3. The van der Waals surface area contributed by atoms with Crippen molar-refractivity contribution in [2.75, 3.05) is 19.0 Å². The summed E-state index contributed by atoms with van der Waals surface area (Å²) in [5.41, 5.74) is 0.599. The van der Waals surface area contributed by atoms with E-state index in [1.165, 1.54) is 0 Å². The van der Waals surface area contributed by atoms with Crippen molar-refractivity contribution in [3.63, 3.8) is 0 Å². The number of rotatable bonds is 6. The van der Waals surface area contributed by atoms with E-state index < -0.39 is 0 Å². The molecule has 2 aromatic rings. The first-order chi connectivity index (χ1) is 10.2. The molecule has 0 saturated heterocycles. The van der Waals surface area contributed by atoms with Gasteiger partial charge in [0.05, 0.1) is 30.8 Å². The summed E-state index contributed by atoms with van der Waals surface area (Å²) in [6.45, 7) is 0.261. The van der Waals surface area contributed by atoms with Gasteiger partial charge in [0.25, 0.3) is 0 Å². The van der Waals surface area contributed by atoms with Gasteiger partial charge in [0.2, 0.25) is 5.91 Å². The molecular weight excluding hydrogens is 290 g/mol. The zero-order valence-electron chi connectivity index (χ0n) is 11.6. The normalized spacial score (nSPS) is 10.0. The molecule has 0 spiro atoms. The summed E-state index contributed by atoms with van der Waals surface area (Å²) in [6.07, 6.45) is 0.225. The first-order valence-corrected chi connectivity index (χ1v) is 6.88. The van der Waals surface area contributed by atoms with Crippen LogP contribution >= 0.6 is 11.6 Å². The molecule has 1 N–H and O–H groups in total. The van der Waals surface area contributed by atoms with Crippen LogP contribution in [0, 0.1) is 0 Å². The fourth-order valence-electron chi connectivity index (χ4n) is 1.77. The van der Waals surface area contributed by atoms with E-state index >= 15 is 0 Å². The fraction of sp³-hybridized carbons (Fsp3) is 0.188. The molecule has 2 rings (SSSR count). The van der Waals surface area contributed by atoms with Crippen LogP contribution in [0.2, 0.25) is 5.02 Å². The summed E-state index contributed by atoms with van der Waals surface area (Å²) in [5.74, 6) is 1.10. The van der Waals surface area contributed by atoms with Gasteiger partial charge < -0.3 is 14.8 Å². The Hall–Kier alpha value is -2.20. The standard InChI is InChI=1S/C16H16ClNO3/c1-20-14-8-4-5-9-15(14)21-11-10-16(19)18-13-7-3-2-6-12(13)17/h2-9H,10-11H2,1H3,(H,18,19). The minimum atomic E-state index is -0.155. The highest BCUT2D eigenvalue weighted by molar-refractivity contribution is 6.33. The molecule has 0 aliphatic carbocycles. The van der Waals surface area contributed by atoms with Gasteiger partial charge in [-0.2, -0.15) is 0 Å². The van der Waals surface area contributed by atoms with Crippen LogP contribution in [-0.2, 0) is 4.79 Å². The van der Waals surface area contributed by atoms with Crippen LogP contribution in [0.5, 0.6) is 11.5 Å². The highest BCUT2D eigenvalue weighted by atomic mass is 35.5. The van der Waals surface area contributed by atoms with Crippen molar-refractivity contribution in [1.29, 1.82) is 0 Å². The molecule has 110 valence electrons. The number of hydrogen-bond acceptors (Lipinski definition) is 3. The Morgan fingerprint density at radius 3 is 2.48 bits per heavy atom. The predicted molar refractivity (Wildman–Crippen MR) is 83.2 cm³/mol. The number of nitrogens with one attached hydrogen (secondary N) is 1. The maximum Gasteiger partial charge on any atom is 0.227 e. The van der Waals surface area contributed by atoms with E-state index in [9.17, 15) is 4.79 Å². The smallest absolute Gasteiger partial charge is 0.227 e. The number of ether oxygens (including phenoxy) is 2. The first-order valence-electron chi connectivity index (χ1n) is 6.51. The fourth-order valence-corrected chi connectivity index (χ4v) is 1.95. The second kappa shape index (κ2) is 7.55. The van der Waals surface area contributed by atoms with E-state index in [1.807, 2.05) is 24.3 Å². The molecule has 0 aliphatic rings. The third-order valence-electron chi connectivity index (χ3n) is 2.80. The Kier molecular flexibility index (Phi) is 5.46. The molecule has 0 fully saturated rings. The van der Waals surface area contributed by atoms with Crippen LogP contribution in [0.1, 0.15) is 6.42 Å². The molecule has 0 aromatic heterocycles. The van der Waals surface area contributed by atoms with Gasteiger partial charge in [-0.05, 0) is 24.3 Å². The molecule has 2 aromatic carbocycles. The molecule has 0 saturated carbocycles. The van der Waals surface area contributed by atoms with Crippen molar-refractivity contribution >= 4 is 23.2 Å². The van der Waals surface area contributed by atoms with Crippen molar-refractivity contribution in [2.45, 2.75) is 6.42 Å². The summed E-state index contributed by atoms with van der Waals surface area (Å²) in [6, 6.07) is 14.4. The van der Waals surface area contributed by atoms with Gasteiger partial charge in [0.15, 0.2) is 11.5 Å². The lowest BCUT2D eigenvalue weighted by molar-refractivity contribution is -0.116. The zero-order valence-corrected chi connectivity index (χ0v) is 12.4. The Morgan fingerprint density at radius 1 is 1.10 bits per heavy atom. The minimum absolute atomic E-state index is 0.155. The number of benzene rings is 2. The summed E-state index contributed by atoms with van der Waals surface area (Å²) >= 11 is 5.98. The number of methoxy groups -OCH3 is 1. The topological polar surface area (TPSA) is 47.6 Å². The van der Waals surface area contributed by atoms with Gasteiger partial charge >= 0.3 is 0 Å². The first kappa shape index (κ1) is 15.2. The largest absolute Gasteiger partial charge is 0.493 e. The van der Waals surface area contributed by atoms with Crippen molar-refractivity contribution in [3.8, 4) is 11.5 Å². The predicted octanol–water partition coefficient (Wildman–Crippen LogP) is 3.76. The second-order valence-electron chi connectivity index (χ2n) is 4.28. The summed E-state index contributed by atoms with van der Waals surface area (Å²) < 4.78 is 10.7. The molecule has 0 atom stereocenters. The van der Waals surface area contributed by atoms with Crippen LogP contribution in [0.15, 0.2) is 48.5 Å². The van der Waals surface area contributed by atoms with Gasteiger partial charge in [-0.15, -0.1) is 0 Å². The van der Waals surface area contributed by atoms with E-state index in [0.717, 1.165) is 0 Å². The Labute approximate surface area is 128 Å². The monoisotopic (exact) mass is 305 g/mol. The number of hydrogen-bond donors (Lipinski definition) is 1. The maximum absolute atomic E-state index is 11.8. The lowest BCUT2D eigenvalue weighted by Crippen LogP contribution is -2.15. The van der Waals surface area contributed by atoms with E-state index in [0.29, 0.717) is 22.2 Å². The van der Waals surface area contributed by atoms with Gasteiger partial charge in [-0.1, -0.05) is 35.9 Å². The van der Waals surface area contributed by atoms with Crippen LogP contribution < -0.4 is 14.8 Å². The van der Waals surface area contributed by atoms with Crippen LogP contribution in [0.3, 0.4) is 0 Å². The third kappa shape index (κ3) is 4.39. The number of halogens is 1. The SMILES string of the molecule is COc1ccccc1OCCC(=O)Nc1ccccc1Cl. The van der Waals surface area contributed by atoms with Gasteiger partial charge in [-0.3, -0.25) is 4.79 Å². The second-order valence-corrected chi connectivity index (χ2v) is 4.68. The van der Waals surface area contributed by atoms with Crippen LogP contribution in [0.4, 0.5) is 5.69 Å². The summed E-state index contributed by atoms with van der Waals surface area (Å²) in [5, 5.41) is 3.25. The number of amides is 1. The van der Waals surface area contributed by atoms with E-state index in [-0.39, 0.29) is 18.9 Å². The highest BCUT2D eigenvalue weighted by Gasteiger charge is 2.07. The molecule has 0 bridgehead atoms. The Bertz CT molecular complexity index is 616. The van der Waals surface area contributed by atoms with E-state index in [2.05, 4.69) is 5.32 Å². The minimum Gasteiger partial charge on any atom is -0.493 e. The lowest BCUT2D eigenvalue weighted by Gasteiger charge is -2.10. The Morgan fingerprint density at radius 2 is 1.76 bits per heavy atom. The highest BCUT2D eigenvalue weighted by Crippen LogP contribution is 2.26. The van der Waals surface area contributed by atoms with Crippen molar-refractivity contribution in [3.05, 3.63) is 53.6 Å². The molecule has 5 heteroatoms. The molecule has 0 aliphatic heterocycles. The van der Waals surface area contributed by atoms with Gasteiger partial charge in [0.1, 0.15) is 0 Å². The molecule has 21 heavy (non-hydrogen) atoms. The van der Waals surface area contributed by atoms with E-state index in [4.69, 9.17) is 21.1 Å². The summed E-state index contributed by atoms with van der Waals surface area (Å²) in [7, 11) is 1.58. The molecule has 4 nitrogen and oxygen atoms in total. The van der Waals surface area contributed by atoms with Gasteiger partial charge in [0, 0.05) is 0 Å². The van der Waals surface area contributed by atoms with Crippen molar-refractivity contribution in [1.82, 2.24) is 0 Å². The number of carbonyl (C=O) groups is 1. The maximum atomic E-state index is 11.8. The average Bonchev–Trinajstić information content (AvgIpc) is 2.50. The quantitative estimate of drug-likeness (QED) is 0.884. The molecular formula is C16H16ClNO3. The molecule has 1 amide bonds. The molecule has 0 heterocycles. The lowest BCUT2D eigenvalue weighted by atomic mass is 10.3. The average molecular weight is 306 g/mol. The third-order valence-corrected chi connectivity index (χ3v) is 3.13. The van der Waals surface area contributed by atoms with Crippen molar-refractivity contribution < 1.29 is 14.3 Å². The van der Waals surface area contributed by atoms with Crippen LogP contribution in [-0.4, -0.2) is 19.6 Å². The van der Waals surface area contributed by atoms with E-state index in [1.54, 1.807) is 31.4 Å². The molecule has 0 unspecified atom stereocenters. The van der Waals surface area contributed by atoms with Crippen molar-refractivity contribution in [2.24, 2.45) is 0 Å². The molecule has 0 radical (unpaired) electrons. The summed E-state index contributed by atoms with van der Waals surface area (Å²) in [4.78, 5) is 11.8. The number of carbonyl (C=O) groups excluding carboxylic acids is 1. The van der Waals surface area contributed by atoms with Gasteiger partial charge in [-0.25, -0.2) is 0 Å².